The van der Waals surface area contributed by atoms with Crippen molar-refractivity contribution in [2.75, 3.05) is 39.3 Å². The van der Waals surface area contributed by atoms with Gasteiger partial charge in [-0.1, -0.05) is 0 Å². The Morgan fingerprint density at radius 2 is 2.00 bits per heavy atom. The van der Waals surface area contributed by atoms with Gasteiger partial charge in [-0.3, -0.25) is 9.69 Å². The van der Waals surface area contributed by atoms with Crippen LogP contribution in [0.2, 0.25) is 0 Å². The van der Waals surface area contributed by atoms with Gasteiger partial charge in [0.25, 0.3) is 0 Å². The first kappa shape index (κ1) is 16.0. The maximum Gasteiger partial charge on any atom is 0.405 e. The summed E-state index contributed by atoms with van der Waals surface area (Å²) in [5.41, 5.74) is 0. The highest BCUT2D eigenvalue weighted by Gasteiger charge is 2.44. The second-order valence-electron chi connectivity index (χ2n) is 5.45. The van der Waals surface area contributed by atoms with Crippen LogP contribution in [-0.4, -0.2) is 67.2 Å². The molecule has 8 heteroatoms. The van der Waals surface area contributed by atoms with Gasteiger partial charge in [0.05, 0.1) is 12.1 Å². The fraction of sp³-hybridized carbons (Fsp3) is 0.846. The van der Waals surface area contributed by atoms with Crippen molar-refractivity contribution < 1.29 is 18.0 Å². The number of piperazine rings is 1. The Morgan fingerprint density at radius 1 is 1.33 bits per heavy atom. The Balaban J connectivity index is 1.99. The van der Waals surface area contributed by atoms with Crippen LogP contribution in [0.25, 0.3) is 0 Å². The first-order valence-corrected chi connectivity index (χ1v) is 7.13. The van der Waals surface area contributed by atoms with Crippen molar-refractivity contribution in [3.63, 3.8) is 0 Å². The van der Waals surface area contributed by atoms with E-state index in [-0.39, 0.29) is 5.91 Å². The van der Waals surface area contributed by atoms with Crippen LogP contribution in [-0.2, 0) is 4.79 Å². The maximum atomic E-state index is 12.7. The predicted octanol–water partition coefficient (Wildman–Crippen LogP) is 0.585. The highest BCUT2D eigenvalue weighted by atomic mass is 19.4. The summed E-state index contributed by atoms with van der Waals surface area (Å²) in [7, 11) is 0. The summed E-state index contributed by atoms with van der Waals surface area (Å²) in [4.78, 5) is 15.6. The minimum Gasteiger partial charge on any atom is -0.339 e. The Bertz CT molecular complexity index is 415. The molecule has 118 valence electrons. The summed E-state index contributed by atoms with van der Waals surface area (Å²) in [5, 5.41) is 11.8. The molecule has 1 N–H and O–H groups in total. The molecule has 0 aromatic rings. The highest BCUT2D eigenvalue weighted by molar-refractivity contribution is 5.82. The zero-order chi connectivity index (χ0) is 15.5. The number of hydrogen-bond donors (Lipinski definition) is 1. The number of nitrogens with one attached hydrogen (secondary N) is 1. The molecule has 0 aromatic carbocycles. The number of nitriles is 1. The molecule has 0 aliphatic carbocycles. The maximum absolute atomic E-state index is 12.7. The molecule has 21 heavy (non-hydrogen) atoms. The summed E-state index contributed by atoms with van der Waals surface area (Å²) in [6.07, 6.45) is -3.28. The van der Waals surface area contributed by atoms with E-state index in [0.717, 1.165) is 0 Å². The molecule has 2 saturated heterocycles. The molecule has 1 amide bonds. The highest BCUT2D eigenvalue weighted by Crippen LogP contribution is 2.29. The molecule has 2 aliphatic rings. The molecule has 0 aromatic heterocycles. The average molecular weight is 304 g/mol. The third kappa shape index (κ3) is 3.86. The van der Waals surface area contributed by atoms with Crippen molar-refractivity contribution in [1.82, 2.24) is 15.1 Å². The monoisotopic (exact) mass is 304 g/mol. The molecule has 2 atom stereocenters. The van der Waals surface area contributed by atoms with Gasteiger partial charge in [-0.25, -0.2) is 0 Å². The van der Waals surface area contributed by atoms with Crippen LogP contribution in [0.5, 0.6) is 0 Å². The first-order chi connectivity index (χ1) is 9.93. The summed E-state index contributed by atoms with van der Waals surface area (Å²) < 4.78 is 38.1. The van der Waals surface area contributed by atoms with Crippen LogP contribution >= 0.6 is 0 Å². The number of alkyl halides is 3. The van der Waals surface area contributed by atoms with E-state index in [0.29, 0.717) is 45.6 Å². The van der Waals surface area contributed by atoms with Crippen molar-refractivity contribution in [3.05, 3.63) is 0 Å². The molecular formula is C13H19F3N4O. The molecule has 2 aliphatic heterocycles. The fourth-order valence-corrected chi connectivity index (χ4v) is 2.87. The number of carbonyl (C=O) groups excluding carboxylic acids is 1. The summed E-state index contributed by atoms with van der Waals surface area (Å²) in [6, 6.07) is 0.794. The van der Waals surface area contributed by atoms with E-state index in [1.165, 1.54) is 11.0 Å². The Morgan fingerprint density at radius 3 is 2.57 bits per heavy atom. The number of nitrogens with zero attached hydrogens (tertiary/aromatic N) is 3. The molecule has 5 nitrogen and oxygen atoms in total. The van der Waals surface area contributed by atoms with Gasteiger partial charge >= 0.3 is 6.18 Å². The third-order valence-corrected chi connectivity index (χ3v) is 4.05. The molecule has 2 unspecified atom stereocenters. The van der Waals surface area contributed by atoms with Gasteiger partial charge in [0, 0.05) is 32.7 Å². The van der Waals surface area contributed by atoms with Crippen LogP contribution in [0, 0.1) is 17.2 Å². The van der Waals surface area contributed by atoms with Crippen molar-refractivity contribution in [3.8, 4) is 6.07 Å². The number of rotatable bonds is 3. The number of hydrogen-bond acceptors (Lipinski definition) is 4. The van der Waals surface area contributed by atoms with Gasteiger partial charge in [-0.15, -0.1) is 0 Å². The fourth-order valence-electron chi connectivity index (χ4n) is 2.87. The van der Waals surface area contributed by atoms with Crippen LogP contribution in [0.1, 0.15) is 12.8 Å². The second kappa shape index (κ2) is 6.62. The zero-order valence-electron chi connectivity index (χ0n) is 11.7. The molecule has 0 spiro atoms. The van der Waals surface area contributed by atoms with Crippen LogP contribution in [0.15, 0.2) is 0 Å². The topological polar surface area (TPSA) is 59.4 Å². The largest absolute Gasteiger partial charge is 0.405 e. The van der Waals surface area contributed by atoms with E-state index in [4.69, 9.17) is 5.26 Å². The van der Waals surface area contributed by atoms with E-state index in [1.54, 1.807) is 4.90 Å². The van der Waals surface area contributed by atoms with Crippen LogP contribution < -0.4 is 5.32 Å². The van der Waals surface area contributed by atoms with Gasteiger partial charge in [-0.2, -0.15) is 18.4 Å². The van der Waals surface area contributed by atoms with Gasteiger partial charge in [0.1, 0.15) is 0 Å². The van der Waals surface area contributed by atoms with Crippen molar-refractivity contribution >= 4 is 5.91 Å². The number of likely N-dealkylation sites (tertiary alicyclic amines) is 1. The second-order valence-corrected chi connectivity index (χ2v) is 5.45. The summed E-state index contributed by atoms with van der Waals surface area (Å²) in [5.74, 6) is -2.14. The van der Waals surface area contributed by atoms with E-state index in [1.807, 2.05) is 0 Å². The van der Waals surface area contributed by atoms with Crippen molar-refractivity contribution in [2.45, 2.75) is 25.1 Å². The van der Waals surface area contributed by atoms with E-state index in [9.17, 15) is 18.0 Å². The molecular weight excluding hydrogens is 285 g/mol. The Labute approximate surface area is 121 Å². The molecule has 0 radical (unpaired) electrons. The lowest BCUT2D eigenvalue weighted by atomic mass is 10.1. The zero-order valence-corrected chi connectivity index (χ0v) is 11.7. The third-order valence-electron chi connectivity index (χ3n) is 4.05. The van der Waals surface area contributed by atoms with E-state index in [2.05, 4.69) is 5.32 Å². The lowest BCUT2D eigenvalue weighted by Crippen LogP contribution is -2.53. The normalized spacial score (nSPS) is 25.6. The van der Waals surface area contributed by atoms with Gasteiger partial charge in [0.15, 0.2) is 5.92 Å². The molecule has 2 fully saturated rings. The molecule has 2 heterocycles. The minimum atomic E-state index is -4.54. The molecule has 0 bridgehead atoms. The smallest absolute Gasteiger partial charge is 0.339 e. The minimum absolute atomic E-state index is 0.104. The quantitative estimate of drug-likeness (QED) is 0.829. The van der Waals surface area contributed by atoms with Crippen molar-refractivity contribution in [2.24, 2.45) is 5.92 Å². The number of amides is 1. The van der Waals surface area contributed by atoms with Crippen molar-refractivity contribution in [1.29, 1.82) is 5.26 Å². The lowest BCUT2D eigenvalue weighted by Gasteiger charge is -2.33. The van der Waals surface area contributed by atoms with Gasteiger partial charge < -0.3 is 10.2 Å². The Hall–Kier alpha value is -1.33. The average Bonchev–Trinajstić information content (AvgIpc) is 2.91. The first-order valence-electron chi connectivity index (χ1n) is 7.13. The van der Waals surface area contributed by atoms with Gasteiger partial charge in [-0.05, 0) is 19.4 Å². The van der Waals surface area contributed by atoms with E-state index < -0.39 is 24.7 Å². The summed E-state index contributed by atoms with van der Waals surface area (Å²) >= 11 is 0. The molecule has 0 saturated carbocycles. The summed E-state index contributed by atoms with van der Waals surface area (Å²) in [6.45, 7) is 2.62. The van der Waals surface area contributed by atoms with Crippen LogP contribution in [0.4, 0.5) is 13.2 Å². The SMILES string of the molecule is N#CC(CN1CCCC1C(=O)N1CCNCC1)C(F)(F)F. The number of carbonyl (C=O) groups is 1. The van der Waals surface area contributed by atoms with Crippen LogP contribution in [0.3, 0.4) is 0 Å². The van der Waals surface area contributed by atoms with Gasteiger partial charge in [0.2, 0.25) is 5.91 Å². The number of halogens is 3. The standard InChI is InChI=1S/C13H19F3N4O/c14-13(15,16)10(8-17)9-20-5-1-2-11(20)12(21)19-6-3-18-4-7-19/h10-11,18H,1-7,9H2. The lowest BCUT2D eigenvalue weighted by molar-refractivity contribution is -0.165. The van der Waals surface area contributed by atoms with E-state index >= 15 is 0 Å². The Kier molecular flexibility index (Phi) is 5.06. The molecule has 2 rings (SSSR count). The predicted molar refractivity (Wildman–Crippen MR) is 69.2 cm³/mol.